The van der Waals surface area contributed by atoms with Crippen LogP contribution < -0.4 is 24.8 Å². The minimum Gasteiger partial charge on any atom is -0.494 e. The normalized spacial score (nSPS) is 14.2. The number of piperidine rings is 1. The van der Waals surface area contributed by atoms with E-state index in [0.29, 0.717) is 30.9 Å². The number of methoxy groups -OCH3 is 2. The van der Waals surface area contributed by atoms with Crippen molar-refractivity contribution in [3.63, 3.8) is 0 Å². The largest absolute Gasteiger partial charge is 0.494 e. The summed E-state index contributed by atoms with van der Waals surface area (Å²) in [5.41, 5.74) is 1.78. The molecule has 2 aromatic carbocycles. The molecule has 1 fully saturated rings. The van der Waals surface area contributed by atoms with Crippen LogP contribution in [-0.4, -0.2) is 39.8 Å². The molecule has 0 aliphatic carbocycles. The SMILES string of the molecule is COc1ccc(CCC(=O)Nc2cccc(OCCC3CCNCC3)c2)cc1OC. The summed E-state index contributed by atoms with van der Waals surface area (Å²) in [6.45, 7) is 2.92. The molecule has 0 unspecified atom stereocenters. The molecule has 1 amide bonds. The highest BCUT2D eigenvalue weighted by molar-refractivity contribution is 5.91. The molecule has 2 aromatic rings. The minimum absolute atomic E-state index is 0.0309. The number of benzene rings is 2. The van der Waals surface area contributed by atoms with Crippen LogP contribution in [0.5, 0.6) is 17.2 Å². The van der Waals surface area contributed by atoms with Crippen LogP contribution in [0.3, 0.4) is 0 Å². The number of hydrogen-bond acceptors (Lipinski definition) is 5. The van der Waals surface area contributed by atoms with Crippen molar-refractivity contribution < 1.29 is 19.0 Å². The van der Waals surface area contributed by atoms with Crippen molar-refractivity contribution in [2.75, 3.05) is 39.2 Å². The number of hydrogen-bond donors (Lipinski definition) is 2. The second-order valence-electron chi connectivity index (χ2n) is 7.60. The molecule has 0 aromatic heterocycles. The van der Waals surface area contributed by atoms with Crippen LogP contribution in [0.15, 0.2) is 42.5 Å². The van der Waals surface area contributed by atoms with Gasteiger partial charge in [0.2, 0.25) is 5.91 Å². The number of amides is 1. The van der Waals surface area contributed by atoms with E-state index in [-0.39, 0.29) is 5.91 Å². The Bertz CT molecular complexity index is 819. The van der Waals surface area contributed by atoms with E-state index in [2.05, 4.69) is 10.6 Å². The van der Waals surface area contributed by atoms with Gasteiger partial charge in [-0.05, 0) is 74.5 Å². The fourth-order valence-corrected chi connectivity index (χ4v) is 3.69. The zero-order valence-electron chi connectivity index (χ0n) is 17.9. The van der Waals surface area contributed by atoms with Gasteiger partial charge in [0.15, 0.2) is 11.5 Å². The Hall–Kier alpha value is -2.73. The molecule has 0 atom stereocenters. The first-order valence-electron chi connectivity index (χ1n) is 10.6. The molecule has 6 heteroatoms. The van der Waals surface area contributed by atoms with Gasteiger partial charge in [0, 0.05) is 18.2 Å². The molecule has 1 saturated heterocycles. The molecule has 3 rings (SSSR count). The van der Waals surface area contributed by atoms with Crippen molar-refractivity contribution in [2.24, 2.45) is 5.92 Å². The zero-order chi connectivity index (χ0) is 21.2. The number of carbonyl (C=O) groups excluding carboxylic acids is 1. The molecule has 162 valence electrons. The number of ether oxygens (including phenoxy) is 3. The van der Waals surface area contributed by atoms with Crippen molar-refractivity contribution in [1.82, 2.24) is 5.32 Å². The average Bonchev–Trinajstić information content (AvgIpc) is 2.78. The van der Waals surface area contributed by atoms with Crippen LogP contribution in [0.25, 0.3) is 0 Å². The van der Waals surface area contributed by atoms with Gasteiger partial charge in [-0.15, -0.1) is 0 Å². The van der Waals surface area contributed by atoms with Crippen molar-refractivity contribution >= 4 is 11.6 Å². The van der Waals surface area contributed by atoms with Gasteiger partial charge in [0.25, 0.3) is 0 Å². The van der Waals surface area contributed by atoms with Crippen molar-refractivity contribution in [3.8, 4) is 17.2 Å². The van der Waals surface area contributed by atoms with Crippen molar-refractivity contribution in [3.05, 3.63) is 48.0 Å². The van der Waals surface area contributed by atoms with Gasteiger partial charge in [-0.1, -0.05) is 12.1 Å². The minimum atomic E-state index is -0.0309. The topological polar surface area (TPSA) is 68.8 Å². The van der Waals surface area contributed by atoms with Crippen LogP contribution >= 0.6 is 0 Å². The van der Waals surface area contributed by atoms with Gasteiger partial charge >= 0.3 is 0 Å². The summed E-state index contributed by atoms with van der Waals surface area (Å²) in [6, 6.07) is 13.3. The first-order chi connectivity index (χ1) is 14.7. The van der Waals surface area contributed by atoms with Crippen molar-refractivity contribution in [2.45, 2.75) is 32.1 Å². The molecule has 1 aliphatic rings. The summed E-state index contributed by atoms with van der Waals surface area (Å²) >= 11 is 0. The van der Waals surface area contributed by atoms with Crippen LogP contribution in [-0.2, 0) is 11.2 Å². The Kier molecular flexibility index (Phi) is 8.39. The van der Waals surface area contributed by atoms with Gasteiger partial charge in [-0.25, -0.2) is 0 Å². The number of rotatable bonds is 10. The quantitative estimate of drug-likeness (QED) is 0.616. The van der Waals surface area contributed by atoms with Crippen molar-refractivity contribution in [1.29, 1.82) is 0 Å². The molecule has 0 radical (unpaired) electrons. The highest BCUT2D eigenvalue weighted by Gasteiger charge is 2.13. The lowest BCUT2D eigenvalue weighted by Crippen LogP contribution is -2.28. The second-order valence-corrected chi connectivity index (χ2v) is 7.60. The molecule has 1 aliphatic heterocycles. The summed E-state index contributed by atoms with van der Waals surface area (Å²) in [5, 5.41) is 6.35. The highest BCUT2D eigenvalue weighted by atomic mass is 16.5. The first-order valence-corrected chi connectivity index (χ1v) is 10.6. The van der Waals surface area contributed by atoms with E-state index < -0.39 is 0 Å². The van der Waals surface area contributed by atoms with Crippen LogP contribution in [0.4, 0.5) is 5.69 Å². The van der Waals surface area contributed by atoms with E-state index in [0.717, 1.165) is 42.4 Å². The van der Waals surface area contributed by atoms with E-state index in [1.54, 1.807) is 14.2 Å². The standard InChI is InChI=1S/C24H32N2O4/c1-28-22-8-6-19(16-23(22)29-2)7-9-24(27)26-20-4-3-5-21(17-20)30-15-12-18-10-13-25-14-11-18/h3-6,8,16-18,25H,7,9-15H2,1-2H3,(H,26,27). The predicted molar refractivity (Wildman–Crippen MR) is 119 cm³/mol. The smallest absolute Gasteiger partial charge is 0.224 e. The van der Waals surface area contributed by atoms with Gasteiger partial charge < -0.3 is 24.8 Å². The summed E-state index contributed by atoms with van der Waals surface area (Å²) < 4.78 is 16.5. The number of aryl methyl sites for hydroxylation is 1. The summed E-state index contributed by atoms with van der Waals surface area (Å²) in [4.78, 5) is 12.4. The monoisotopic (exact) mass is 412 g/mol. The summed E-state index contributed by atoms with van der Waals surface area (Å²) in [7, 11) is 3.21. The lowest BCUT2D eigenvalue weighted by atomic mass is 9.95. The van der Waals surface area contributed by atoms with E-state index in [9.17, 15) is 4.79 Å². The molecule has 0 spiro atoms. The van der Waals surface area contributed by atoms with E-state index in [1.165, 1.54) is 12.8 Å². The highest BCUT2D eigenvalue weighted by Crippen LogP contribution is 2.28. The number of carbonyl (C=O) groups is 1. The third kappa shape index (κ3) is 6.66. The fraction of sp³-hybridized carbons (Fsp3) is 0.458. The summed E-state index contributed by atoms with van der Waals surface area (Å²) in [5.74, 6) is 2.86. The van der Waals surface area contributed by atoms with E-state index >= 15 is 0 Å². The summed E-state index contributed by atoms with van der Waals surface area (Å²) in [6.07, 6.45) is 4.53. The molecule has 6 nitrogen and oxygen atoms in total. The molecular formula is C24H32N2O4. The Morgan fingerprint density at radius 3 is 2.63 bits per heavy atom. The maximum absolute atomic E-state index is 12.4. The lowest BCUT2D eigenvalue weighted by Gasteiger charge is -2.22. The van der Waals surface area contributed by atoms with E-state index in [1.807, 2.05) is 42.5 Å². The zero-order valence-corrected chi connectivity index (χ0v) is 17.9. The van der Waals surface area contributed by atoms with Gasteiger partial charge in [0.1, 0.15) is 5.75 Å². The molecule has 2 N–H and O–H groups in total. The number of anilines is 1. The molecule has 0 bridgehead atoms. The Labute approximate surface area is 178 Å². The predicted octanol–water partition coefficient (Wildman–Crippen LogP) is 4.04. The molecule has 1 heterocycles. The molecule has 30 heavy (non-hydrogen) atoms. The number of nitrogens with one attached hydrogen (secondary N) is 2. The Morgan fingerprint density at radius 2 is 1.87 bits per heavy atom. The Morgan fingerprint density at radius 1 is 1.07 bits per heavy atom. The Balaban J connectivity index is 1.45. The maximum atomic E-state index is 12.4. The lowest BCUT2D eigenvalue weighted by molar-refractivity contribution is -0.116. The molecular weight excluding hydrogens is 380 g/mol. The van der Waals surface area contributed by atoms with Gasteiger partial charge in [0.05, 0.1) is 20.8 Å². The first kappa shape index (κ1) is 22.0. The molecule has 0 saturated carbocycles. The second kappa shape index (κ2) is 11.5. The van der Waals surface area contributed by atoms with Crippen LogP contribution in [0, 0.1) is 5.92 Å². The van der Waals surface area contributed by atoms with Gasteiger partial charge in [-0.2, -0.15) is 0 Å². The third-order valence-corrected chi connectivity index (χ3v) is 5.46. The van der Waals surface area contributed by atoms with E-state index in [4.69, 9.17) is 14.2 Å². The van der Waals surface area contributed by atoms with Gasteiger partial charge in [-0.3, -0.25) is 4.79 Å². The van der Waals surface area contributed by atoms with Crippen LogP contribution in [0.2, 0.25) is 0 Å². The van der Waals surface area contributed by atoms with Crippen LogP contribution in [0.1, 0.15) is 31.2 Å². The maximum Gasteiger partial charge on any atom is 0.224 e. The third-order valence-electron chi connectivity index (χ3n) is 5.46. The fourth-order valence-electron chi connectivity index (χ4n) is 3.69. The average molecular weight is 413 g/mol.